The van der Waals surface area contributed by atoms with Crippen molar-refractivity contribution in [3.63, 3.8) is 0 Å². The molecule has 2 aromatic rings. The zero-order valence-electron chi connectivity index (χ0n) is 7.25. The Balaban J connectivity index is 2.53. The van der Waals surface area contributed by atoms with Crippen molar-refractivity contribution in [1.29, 1.82) is 0 Å². The topological polar surface area (TPSA) is 0 Å². The van der Waals surface area contributed by atoms with E-state index >= 15 is 0 Å². The molecule has 0 nitrogen and oxygen atoms in total. The number of benzene rings is 1. The summed E-state index contributed by atoms with van der Waals surface area (Å²) in [6, 6.07) is 10.7. The molecule has 0 unspecified atom stereocenters. The van der Waals surface area contributed by atoms with Crippen LogP contribution in [0.3, 0.4) is 0 Å². The standard InChI is InChI=1S/C11H9BrS/c1-8-4-5-9(10(12)7-8)11-3-2-6-13-11/h2-7H,1H3. The molecule has 13 heavy (non-hydrogen) atoms. The van der Waals surface area contributed by atoms with E-state index < -0.39 is 0 Å². The molecule has 0 bridgehead atoms. The van der Waals surface area contributed by atoms with Gasteiger partial charge in [0.2, 0.25) is 0 Å². The van der Waals surface area contributed by atoms with Gasteiger partial charge in [0.05, 0.1) is 0 Å². The van der Waals surface area contributed by atoms with Crippen LogP contribution in [0.1, 0.15) is 5.56 Å². The van der Waals surface area contributed by atoms with Crippen molar-refractivity contribution >= 4 is 27.3 Å². The molecule has 1 heterocycles. The number of hydrogen-bond acceptors (Lipinski definition) is 1. The van der Waals surface area contributed by atoms with E-state index in [0.29, 0.717) is 0 Å². The summed E-state index contributed by atoms with van der Waals surface area (Å²) >= 11 is 5.34. The first kappa shape index (κ1) is 8.97. The minimum absolute atomic E-state index is 1.18. The fourth-order valence-electron chi connectivity index (χ4n) is 1.25. The molecule has 0 atom stereocenters. The molecule has 0 spiro atoms. The average molecular weight is 253 g/mol. The van der Waals surface area contributed by atoms with Gasteiger partial charge in [0.1, 0.15) is 0 Å². The number of rotatable bonds is 1. The molecule has 0 radical (unpaired) electrons. The van der Waals surface area contributed by atoms with Crippen LogP contribution in [0.4, 0.5) is 0 Å². The third-order valence-electron chi connectivity index (χ3n) is 1.91. The van der Waals surface area contributed by atoms with Crippen molar-refractivity contribution in [2.45, 2.75) is 6.92 Å². The maximum Gasteiger partial charge on any atom is 0.0354 e. The highest BCUT2D eigenvalue weighted by Crippen LogP contribution is 2.31. The smallest absolute Gasteiger partial charge is 0.0354 e. The number of aryl methyl sites for hydroxylation is 1. The normalized spacial score (nSPS) is 10.3. The third-order valence-corrected chi connectivity index (χ3v) is 3.47. The second-order valence-electron chi connectivity index (χ2n) is 2.96. The maximum atomic E-state index is 3.58. The molecule has 0 saturated carbocycles. The lowest BCUT2D eigenvalue weighted by Gasteiger charge is -2.02. The van der Waals surface area contributed by atoms with Crippen LogP contribution < -0.4 is 0 Å². The van der Waals surface area contributed by atoms with Gasteiger partial charge in [-0.2, -0.15) is 0 Å². The van der Waals surface area contributed by atoms with Crippen molar-refractivity contribution < 1.29 is 0 Å². The highest BCUT2D eigenvalue weighted by molar-refractivity contribution is 9.10. The van der Waals surface area contributed by atoms with E-state index in [1.54, 1.807) is 11.3 Å². The Morgan fingerprint density at radius 2 is 2.08 bits per heavy atom. The summed E-state index contributed by atoms with van der Waals surface area (Å²) in [5.41, 5.74) is 2.56. The molecule has 0 aliphatic carbocycles. The van der Waals surface area contributed by atoms with Gasteiger partial charge in [-0.25, -0.2) is 0 Å². The van der Waals surface area contributed by atoms with Gasteiger partial charge in [0.25, 0.3) is 0 Å². The predicted octanol–water partition coefficient (Wildman–Crippen LogP) is 4.49. The highest BCUT2D eigenvalue weighted by atomic mass is 79.9. The minimum Gasteiger partial charge on any atom is -0.144 e. The Bertz CT molecular complexity index is 404. The first-order chi connectivity index (χ1) is 6.27. The van der Waals surface area contributed by atoms with Gasteiger partial charge >= 0.3 is 0 Å². The van der Waals surface area contributed by atoms with Gasteiger partial charge in [-0.3, -0.25) is 0 Å². The van der Waals surface area contributed by atoms with E-state index in [0.717, 1.165) is 0 Å². The predicted molar refractivity (Wildman–Crippen MR) is 62.2 cm³/mol. The molecule has 0 amide bonds. The van der Waals surface area contributed by atoms with Crippen molar-refractivity contribution in [1.82, 2.24) is 0 Å². The summed E-state index contributed by atoms with van der Waals surface area (Å²) in [6.45, 7) is 2.10. The molecule has 1 aromatic carbocycles. The molecule has 0 aliphatic rings. The van der Waals surface area contributed by atoms with Crippen LogP contribution >= 0.6 is 27.3 Å². The van der Waals surface area contributed by atoms with Crippen LogP contribution in [0.2, 0.25) is 0 Å². The monoisotopic (exact) mass is 252 g/mol. The fourth-order valence-corrected chi connectivity index (χ4v) is 2.86. The lowest BCUT2D eigenvalue weighted by atomic mass is 10.1. The Kier molecular flexibility index (Phi) is 2.51. The summed E-state index contributed by atoms with van der Waals surface area (Å²) in [4.78, 5) is 1.31. The third kappa shape index (κ3) is 1.84. The van der Waals surface area contributed by atoms with Crippen molar-refractivity contribution in [3.05, 3.63) is 45.7 Å². The molecular weight excluding hydrogens is 244 g/mol. The zero-order chi connectivity index (χ0) is 9.26. The van der Waals surface area contributed by atoms with Crippen LogP contribution in [0, 0.1) is 6.92 Å². The Hall–Kier alpha value is -0.600. The lowest BCUT2D eigenvalue weighted by molar-refractivity contribution is 1.45. The maximum absolute atomic E-state index is 3.58. The SMILES string of the molecule is Cc1ccc(-c2cccs2)c(Br)c1. The van der Waals surface area contributed by atoms with E-state index in [-0.39, 0.29) is 0 Å². The van der Waals surface area contributed by atoms with Crippen molar-refractivity contribution in [3.8, 4) is 10.4 Å². The highest BCUT2D eigenvalue weighted by Gasteiger charge is 2.02. The van der Waals surface area contributed by atoms with Gasteiger partial charge in [-0.1, -0.05) is 34.1 Å². The quantitative estimate of drug-likeness (QED) is 0.702. The van der Waals surface area contributed by atoms with Gasteiger partial charge < -0.3 is 0 Å². The average Bonchev–Trinajstić information content (AvgIpc) is 2.56. The second-order valence-corrected chi connectivity index (χ2v) is 4.76. The van der Waals surface area contributed by atoms with Crippen LogP contribution in [-0.4, -0.2) is 0 Å². The molecule has 1 aromatic heterocycles. The number of hydrogen-bond donors (Lipinski definition) is 0. The Morgan fingerprint density at radius 3 is 2.69 bits per heavy atom. The van der Waals surface area contributed by atoms with Gasteiger partial charge in [0, 0.05) is 14.9 Å². The van der Waals surface area contributed by atoms with Crippen LogP contribution in [0.15, 0.2) is 40.2 Å². The lowest BCUT2D eigenvalue weighted by Crippen LogP contribution is -1.77. The largest absolute Gasteiger partial charge is 0.144 e. The summed E-state index contributed by atoms with van der Waals surface area (Å²) in [5.74, 6) is 0. The summed E-state index contributed by atoms with van der Waals surface area (Å²) in [5, 5.41) is 2.10. The molecule has 2 rings (SSSR count). The van der Waals surface area contributed by atoms with Crippen molar-refractivity contribution in [2.24, 2.45) is 0 Å². The molecule has 0 N–H and O–H groups in total. The Morgan fingerprint density at radius 1 is 1.23 bits per heavy atom. The van der Waals surface area contributed by atoms with Gasteiger partial charge in [0.15, 0.2) is 0 Å². The second kappa shape index (κ2) is 3.64. The van der Waals surface area contributed by atoms with E-state index in [9.17, 15) is 0 Å². The molecule has 0 fully saturated rings. The molecule has 2 heteroatoms. The number of halogens is 1. The zero-order valence-corrected chi connectivity index (χ0v) is 9.65. The van der Waals surface area contributed by atoms with Crippen LogP contribution in [0.25, 0.3) is 10.4 Å². The van der Waals surface area contributed by atoms with Crippen LogP contribution in [-0.2, 0) is 0 Å². The fraction of sp³-hybridized carbons (Fsp3) is 0.0909. The van der Waals surface area contributed by atoms with Gasteiger partial charge in [-0.05, 0) is 30.0 Å². The summed E-state index contributed by atoms with van der Waals surface area (Å²) in [7, 11) is 0. The minimum atomic E-state index is 1.18. The van der Waals surface area contributed by atoms with E-state index in [1.807, 2.05) is 0 Å². The summed E-state index contributed by atoms with van der Waals surface area (Å²) in [6.07, 6.45) is 0. The Labute approximate surface area is 90.4 Å². The van der Waals surface area contributed by atoms with Crippen LogP contribution in [0.5, 0.6) is 0 Å². The van der Waals surface area contributed by atoms with Gasteiger partial charge in [-0.15, -0.1) is 11.3 Å². The molecule has 0 saturated heterocycles. The first-order valence-corrected chi connectivity index (χ1v) is 5.74. The van der Waals surface area contributed by atoms with E-state index in [1.165, 1.54) is 20.5 Å². The van der Waals surface area contributed by atoms with E-state index in [4.69, 9.17) is 0 Å². The van der Waals surface area contributed by atoms with Crippen molar-refractivity contribution in [2.75, 3.05) is 0 Å². The van der Waals surface area contributed by atoms with E-state index in [2.05, 4.69) is 58.6 Å². The summed E-state index contributed by atoms with van der Waals surface area (Å²) < 4.78 is 1.18. The first-order valence-electron chi connectivity index (χ1n) is 4.07. The molecule has 0 aliphatic heterocycles. The molecule has 66 valence electrons. The molecular formula is C11H9BrS. The number of thiophene rings is 1.